The van der Waals surface area contributed by atoms with E-state index in [4.69, 9.17) is 4.74 Å². The van der Waals surface area contributed by atoms with Crippen molar-refractivity contribution in [2.24, 2.45) is 0 Å². The van der Waals surface area contributed by atoms with Crippen molar-refractivity contribution in [3.8, 4) is 11.5 Å². The summed E-state index contributed by atoms with van der Waals surface area (Å²) >= 11 is 0. The Kier molecular flexibility index (Phi) is 3.99. The van der Waals surface area contributed by atoms with Crippen molar-refractivity contribution in [1.82, 2.24) is 10.6 Å². The standard InChI is InChI=1S/C19H18FN3O3/c20-13-2-1-3-16(12-13)26-15-6-4-14(5-7-15)23-10-8-19(9-11-23)17(24)21-18(25)22-19/h1-7,12H,8-11H2,(H2,21,22,24,25). The Hall–Kier alpha value is -3.09. The molecule has 2 fully saturated rings. The van der Waals surface area contributed by atoms with Crippen LogP contribution in [0.4, 0.5) is 14.9 Å². The van der Waals surface area contributed by atoms with Gasteiger partial charge >= 0.3 is 6.03 Å². The van der Waals surface area contributed by atoms with Crippen LogP contribution >= 0.6 is 0 Å². The molecule has 7 heteroatoms. The Morgan fingerprint density at radius 3 is 2.35 bits per heavy atom. The highest BCUT2D eigenvalue weighted by molar-refractivity contribution is 6.07. The zero-order valence-corrected chi connectivity index (χ0v) is 14.0. The molecule has 0 saturated carbocycles. The molecule has 0 bridgehead atoms. The lowest BCUT2D eigenvalue weighted by molar-refractivity contribution is -0.124. The smallest absolute Gasteiger partial charge is 0.322 e. The van der Waals surface area contributed by atoms with Crippen LogP contribution in [0.1, 0.15) is 12.8 Å². The third-order valence-electron chi connectivity index (χ3n) is 4.87. The van der Waals surface area contributed by atoms with Crippen LogP contribution in [0.2, 0.25) is 0 Å². The van der Waals surface area contributed by atoms with Gasteiger partial charge in [-0.25, -0.2) is 9.18 Å². The molecular weight excluding hydrogens is 337 g/mol. The lowest BCUT2D eigenvalue weighted by atomic mass is 9.87. The van der Waals surface area contributed by atoms with Crippen LogP contribution in [0.15, 0.2) is 48.5 Å². The number of benzene rings is 2. The highest BCUT2D eigenvalue weighted by atomic mass is 19.1. The molecule has 2 aromatic carbocycles. The quantitative estimate of drug-likeness (QED) is 0.831. The SMILES string of the molecule is O=C1NC(=O)C2(CCN(c3ccc(Oc4cccc(F)c4)cc3)CC2)N1. The highest BCUT2D eigenvalue weighted by Crippen LogP contribution is 2.30. The Bertz CT molecular complexity index is 845. The van der Waals surface area contributed by atoms with E-state index in [0.717, 1.165) is 5.69 Å². The van der Waals surface area contributed by atoms with Gasteiger partial charge in [-0.3, -0.25) is 10.1 Å². The lowest BCUT2D eigenvalue weighted by Crippen LogP contribution is -2.54. The summed E-state index contributed by atoms with van der Waals surface area (Å²) in [5.41, 5.74) is 0.241. The van der Waals surface area contributed by atoms with Gasteiger partial charge in [0.25, 0.3) is 5.91 Å². The fourth-order valence-corrected chi connectivity index (χ4v) is 3.42. The summed E-state index contributed by atoms with van der Waals surface area (Å²) in [6.07, 6.45) is 1.12. The first-order valence-corrected chi connectivity index (χ1v) is 8.46. The van der Waals surface area contributed by atoms with Crippen molar-refractivity contribution in [3.63, 3.8) is 0 Å². The van der Waals surface area contributed by atoms with Crippen molar-refractivity contribution >= 4 is 17.6 Å². The molecule has 0 atom stereocenters. The van der Waals surface area contributed by atoms with E-state index < -0.39 is 11.6 Å². The van der Waals surface area contributed by atoms with Crippen LogP contribution < -0.4 is 20.3 Å². The number of urea groups is 1. The molecule has 2 saturated heterocycles. The molecule has 2 N–H and O–H groups in total. The second kappa shape index (κ2) is 6.33. The number of carbonyl (C=O) groups excluding carboxylic acids is 2. The molecule has 6 nitrogen and oxygen atoms in total. The summed E-state index contributed by atoms with van der Waals surface area (Å²) in [7, 11) is 0. The minimum Gasteiger partial charge on any atom is -0.457 e. The number of hydrogen-bond acceptors (Lipinski definition) is 4. The Labute approximate surface area is 149 Å². The van der Waals surface area contributed by atoms with Crippen LogP contribution in [0.25, 0.3) is 0 Å². The maximum Gasteiger partial charge on any atom is 0.322 e. The van der Waals surface area contributed by atoms with Gasteiger partial charge in [-0.05, 0) is 49.2 Å². The molecule has 134 valence electrons. The van der Waals surface area contributed by atoms with Gasteiger partial charge in [-0.1, -0.05) is 6.07 Å². The van der Waals surface area contributed by atoms with Gasteiger partial charge in [-0.15, -0.1) is 0 Å². The zero-order chi connectivity index (χ0) is 18.1. The number of carbonyl (C=O) groups is 2. The molecule has 4 rings (SSSR count). The molecule has 2 aliphatic rings. The van der Waals surface area contributed by atoms with Crippen LogP contribution in [-0.2, 0) is 4.79 Å². The number of piperidine rings is 1. The molecule has 2 aliphatic heterocycles. The van der Waals surface area contributed by atoms with Gasteiger partial charge in [0.1, 0.15) is 22.9 Å². The van der Waals surface area contributed by atoms with E-state index in [1.807, 2.05) is 24.3 Å². The van der Waals surface area contributed by atoms with E-state index in [0.29, 0.717) is 37.4 Å². The number of rotatable bonds is 3. The van der Waals surface area contributed by atoms with Gasteiger partial charge in [0, 0.05) is 24.8 Å². The first-order valence-electron chi connectivity index (χ1n) is 8.46. The molecule has 2 heterocycles. The lowest BCUT2D eigenvalue weighted by Gasteiger charge is -2.38. The van der Waals surface area contributed by atoms with E-state index in [1.54, 1.807) is 12.1 Å². The summed E-state index contributed by atoms with van der Waals surface area (Å²) in [6, 6.07) is 13.1. The van der Waals surface area contributed by atoms with Crippen LogP contribution in [-0.4, -0.2) is 30.6 Å². The third kappa shape index (κ3) is 3.08. The molecular formula is C19H18FN3O3. The van der Waals surface area contributed by atoms with Crippen LogP contribution in [0.3, 0.4) is 0 Å². The maximum absolute atomic E-state index is 13.2. The first-order chi connectivity index (χ1) is 12.5. The average molecular weight is 355 g/mol. The summed E-state index contributed by atoms with van der Waals surface area (Å²) in [5, 5.41) is 5.07. The minimum absolute atomic E-state index is 0.235. The largest absolute Gasteiger partial charge is 0.457 e. The van der Waals surface area contributed by atoms with Gasteiger partial charge in [0.2, 0.25) is 0 Å². The first kappa shape index (κ1) is 16.4. The Morgan fingerprint density at radius 1 is 1.00 bits per heavy atom. The van der Waals surface area contributed by atoms with E-state index in [-0.39, 0.29) is 11.7 Å². The Balaban J connectivity index is 1.40. The average Bonchev–Trinajstić information content (AvgIpc) is 2.90. The second-order valence-corrected chi connectivity index (χ2v) is 6.53. The molecule has 3 amide bonds. The monoisotopic (exact) mass is 355 g/mol. The normalized spacial score (nSPS) is 18.6. The number of halogens is 1. The number of ether oxygens (including phenoxy) is 1. The predicted molar refractivity (Wildman–Crippen MR) is 93.8 cm³/mol. The number of imide groups is 1. The summed E-state index contributed by atoms with van der Waals surface area (Å²) in [4.78, 5) is 25.5. The van der Waals surface area contributed by atoms with Crippen LogP contribution in [0.5, 0.6) is 11.5 Å². The summed E-state index contributed by atoms with van der Waals surface area (Å²) < 4.78 is 18.9. The van der Waals surface area contributed by atoms with Crippen molar-refractivity contribution in [2.45, 2.75) is 18.4 Å². The molecule has 1 spiro atoms. The minimum atomic E-state index is -0.770. The predicted octanol–water partition coefficient (Wildman–Crippen LogP) is 2.80. The topological polar surface area (TPSA) is 70.7 Å². The summed E-state index contributed by atoms with van der Waals surface area (Å²) in [6.45, 7) is 1.33. The van der Waals surface area contributed by atoms with Gasteiger partial charge in [0.15, 0.2) is 0 Å². The Morgan fingerprint density at radius 2 is 1.73 bits per heavy atom. The number of nitrogens with one attached hydrogen (secondary N) is 2. The van der Waals surface area contributed by atoms with Crippen molar-refractivity contribution in [3.05, 3.63) is 54.3 Å². The number of hydrogen-bond donors (Lipinski definition) is 2. The number of anilines is 1. The molecule has 0 aliphatic carbocycles. The molecule has 2 aromatic rings. The summed E-state index contributed by atoms with van der Waals surface area (Å²) in [5.74, 6) is 0.487. The van der Waals surface area contributed by atoms with Gasteiger partial charge in [0.05, 0.1) is 0 Å². The number of nitrogens with zero attached hydrogens (tertiary/aromatic N) is 1. The van der Waals surface area contributed by atoms with Crippen molar-refractivity contribution < 1.29 is 18.7 Å². The van der Waals surface area contributed by atoms with E-state index in [1.165, 1.54) is 12.1 Å². The van der Waals surface area contributed by atoms with Crippen LogP contribution in [0, 0.1) is 5.82 Å². The number of amides is 3. The maximum atomic E-state index is 13.2. The third-order valence-corrected chi connectivity index (χ3v) is 4.87. The van der Waals surface area contributed by atoms with E-state index in [9.17, 15) is 14.0 Å². The van der Waals surface area contributed by atoms with Crippen molar-refractivity contribution in [2.75, 3.05) is 18.0 Å². The molecule has 0 unspecified atom stereocenters. The zero-order valence-electron chi connectivity index (χ0n) is 14.0. The highest BCUT2D eigenvalue weighted by Gasteiger charge is 2.47. The van der Waals surface area contributed by atoms with Gasteiger partial charge < -0.3 is 15.0 Å². The fourth-order valence-electron chi connectivity index (χ4n) is 3.42. The van der Waals surface area contributed by atoms with E-state index >= 15 is 0 Å². The van der Waals surface area contributed by atoms with Crippen molar-refractivity contribution in [1.29, 1.82) is 0 Å². The van der Waals surface area contributed by atoms with Gasteiger partial charge in [-0.2, -0.15) is 0 Å². The molecule has 0 aromatic heterocycles. The molecule has 26 heavy (non-hydrogen) atoms. The second-order valence-electron chi connectivity index (χ2n) is 6.53. The molecule has 0 radical (unpaired) electrons. The van der Waals surface area contributed by atoms with E-state index in [2.05, 4.69) is 15.5 Å². The fraction of sp³-hybridized carbons (Fsp3) is 0.263.